The quantitative estimate of drug-likeness (QED) is 0.247. The zero-order valence-electron chi connectivity index (χ0n) is 26.5. The van der Waals surface area contributed by atoms with Crippen molar-refractivity contribution in [1.82, 2.24) is 20.1 Å². The molecule has 3 N–H and O–H groups in total. The fraction of sp³-hybridized carbons (Fsp3) is 0.444. The summed E-state index contributed by atoms with van der Waals surface area (Å²) < 4.78 is 40.0. The molecule has 6 rings (SSSR count). The summed E-state index contributed by atoms with van der Waals surface area (Å²) in [6, 6.07) is 7.59. The van der Waals surface area contributed by atoms with E-state index in [0.717, 1.165) is 55.5 Å². The van der Waals surface area contributed by atoms with Crippen LogP contribution in [0.1, 0.15) is 88.2 Å². The monoisotopic (exact) mass is 631 g/mol. The maximum atomic E-state index is 14.9. The van der Waals surface area contributed by atoms with Crippen LogP contribution in [0, 0.1) is 5.92 Å². The lowest BCUT2D eigenvalue weighted by molar-refractivity contribution is -0.138. The topological polar surface area (TPSA) is 105 Å². The third-order valence-electron chi connectivity index (χ3n) is 9.74. The highest BCUT2D eigenvalue weighted by Crippen LogP contribution is 2.52. The predicted molar refractivity (Wildman–Crippen MR) is 172 cm³/mol. The molecular weight excluding hydrogens is 591 g/mol. The molecule has 1 aromatic carbocycles. The predicted octanol–water partition coefficient (Wildman–Crippen LogP) is 7.03. The second-order valence-electron chi connectivity index (χ2n) is 13.2. The largest absolute Gasteiger partial charge is 0.417 e. The normalized spacial score (nSPS) is 19.7. The molecule has 7 nitrogen and oxygen atoms in total. The Morgan fingerprint density at radius 3 is 2.48 bits per heavy atom. The number of nitrogens with one attached hydrogen (secondary N) is 1. The van der Waals surface area contributed by atoms with Crippen LogP contribution in [0.2, 0.25) is 0 Å². The number of rotatable bonds is 9. The number of allylic oxidation sites excluding steroid dienone is 5. The molecule has 242 valence electrons. The third-order valence-corrected chi connectivity index (χ3v) is 9.74. The van der Waals surface area contributed by atoms with Gasteiger partial charge in [-0.15, -0.1) is 0 Å². The molecule has 10 heteroatoms. The van der Waals surface area contributed by atoms with E-state index in [1.54, 1.807) is 6.07 Å². The first kappa shape index (κ1) is 31.9. The Balaban J connectivity index is 1.42. The number of carbonyl (C=O) groups excluding carboxylic acids is 1. The van der Waals surface area contributed by atoms with Gasteiger partial charge in [0.2, 0.25) is 5.91 Å². The molecule has 3 aliphatic carbocycles. The number of aromatic nitrogens is 3. The van der Waals surface area contributed by atoms with Gasteiger partial charge in [-0.05, 0) is 118 Å². The average Bonchev–Trinajstić information content (AvgIpc) is 3.96. The van der Waals surface area contributed by atoms with Crippen molar-refractivity contribution in [1.29, 1.82) is 0 Å². The molecule has 1 amide bonds. The van der Waals surface area contributed by atoms with Gasteiger partial charge in [0, 0.05) is 18.1 Å². The molecule has 3 aromatic rings. The Kier molecular flexibility index (Phi) is 8.52. The molecule has 0 radical (unpaired) electrons. The number of carbonyl (C=O) groups is 1. The van der Waals surface area contributed by atoms with Crippen molar-refractivity contribution in [3.8, 4) is 0 Å². The number of benzene rings is 1. The number of hydrogen-bond donors (Lipinski definition) is 2. The third kappa shape index (κ3) is 6.19. The summed E-state index contributed by atoms with van der Waals surface area (Å²) in [5.74, 6) is 0.438. The molecule has 2 aromatic heterocycles. The van der Waals surface area contributed by atoms with Gasteiger partial charge in [-0.3, -0.25) is 14.6 Å². The molecule has 0 saturated heterocycles. The van der Waals surface area contributed by atoms with Gasteiger partial charge in [-0.25, -0.2) is 5.10 Å². The number of H-pyrrole nitrogens is 1. The van der Waals surface area contributed by atoms with E-state index in [4.69, 9.17) is 5.73 Å². The maximum Gasteiger partial charge on any atom is 0.417 e. The molecule has 1 atom stereocenters. The summed E-state index contributed by atoms with van der Waals surface area (Å²) in [5, 5.41) is 7.68. The molecule has 2 saturated carbocycles. The van der Waals surface area contributed by atoms with Gasteiger partial charge >= 0.3 is 6.18 Å². The fourth-order valence-corrected chi connectivity index (χ4v) is 6.87. The second-order valence-corrected chi connectivity index (χ2v) is 13.2. The number of pyridine rings is 1. The molecule has 2 heterocycles. The number of alkyl halides is 3. The average molecular weight is 632 g/mol. The van der Waals surface area contributed by atoms with Gasteiger partial charge in [-0.1, -0.05) is 23.8 Å². The molecule has 0 aliphatic heterocycles. The first-order chi connectivity index (χ1) is 21.9. The first-order valence-electron chi connectivity index (χ1n) is 16.0. The van der Waals surface area contributed by atoms with Gasteiger partial charge in [0.05, 0.1) is 40.3 Å². The van der Waals surface area contributed by atoms with E-state index in [-0.39, 0.29) is 30.6 Å². The zero-order chi connectivity index (χ0) is 32.8. The summed E-state index contributed by atoms with van der Waals surface area (Å²) in [6.45, 7) is 6.48. The van der Waals surface area contributed by atoms with Gasteiger partial charge in [0.25, 0.3) is 5.56 Å². The second kappa shape index (κ2) is 12.3. The summed E-state index contributed by atoms with van der Waals surface area (Å²) in [7, 11) is 0. The molecule has 46 heavy (non-hydrogen) atoms. The van der Waals surface area contributed by atoms with Crippen LogP contribution in [0.5, 0.6) is 0 Å². The number of nitrogens with zero attached hydrogens (tertiary/aromatic N) is 3. The number of fused-ring (bicyclic) bond motifs is 1. The van der Waals surface area contributed by atoms with Crippen LogP contribution in [-0.4, -0.2) is 32.0 Å². The van der Waals surface area contributed by atoms with Crippen molar-refractivity contribution in [3.63, 3.8) is 0 Å². The van der Waals surface area contributed by atoms with Crippen LogP contribution in [0.4, 0.5) is 13.2 Å². The Hall–Kier alpha value is -4.05. The van der Waals surface area contributed by atoms with E-state index >= 15 is 0 Å². The van der Waals surface area contributed by atoms with E-state index in [9.17, 15) is 22.8 Å². The van der Waals surface area contributed by atoms with Crippen LogP contribution < -0.4 is 11.3 Å². The Bertz CT molecular complexity index is 1810. The standard InChI is InChI=1S/C36H40F3N5O2/c1-21(2)7-13-28(23-8-9-23)27-5-4-6-32(22(27)3)44(20-26-12-10-25(19-41-26)36(37,38)39)34(46)35(15-16-35)24-11-14-29-30(17-24)31(18-40)42-43-33(29)45/h7,10-14,17,19,23,32H,4-6,8-9,15-16,18,20,40H2,1-3H3,(H,43,45)/b28-13-. The number of amides is 1. The minimum Gasteiger partial charge on any atom is -0.329 e. The molecular formula is C36H40F3N5O2. The zero-order valence-corrected chi connectivity index (χ0v) is 26.5. The van der Waals surface area contributed by atoms with E-state index in [1.807, 2.05) is 17.0 Å². The lowest BCUT2D eigenvalue weighted by atomic mass is 9.81. The van der Waals surface area contributed by atoms with Crippen molar-refractivity contribution in [2.45, 2.75) is 96.4 Å². The van der Waals surface area contributed by atoms with E-state index < -0.39 is 17.2 Å². The van der Waals surface area contributed by atoms with Crippen molar-refractivity contribution < 1.29 is 18.0 Å². The van der Waals surface area contributed by atoms with E-state index in [0.29, 0.717) is 40.9 Å². The van der Waals surface area contributed by atoms with Crippen molar-refractivity contribution in [2.24, 2.45) is 11.7 Å². The van der Waals surface area contributed by atoms with Crippen LogP contribution in [0.3, 0.4) is 0 Å². The van der Waals surface area contributed by atoms with Crippen LogP contribution in [0.15, 0.2) is 75.8 Å². The maximum absolute atomic E-state index is 14.9. The van der Waals surface area contributed by atoms with Crippen LogP contribution in [0.25, 0.3) is 10.8 Å². The van der Waals surface area contributed by atoms with Crippen LogP contribution >= 0.6 is 0 Å². The number of nitrogens with two attached hydrogens (primary N) is 1. The van der Waals surface area contributed by atoms with Gasteiger partial charge in [-0.2, -0.15) is 18.3 Å². The number of aromatic amines is 1. The fourth-order valence-electron chi connectivity index (χ4n) is 6.87. The lowest BCUT2D eigenvalue weighted by Gasteiger charge is -2.39. The van der Waals surface area contributed by atoms with Crippen molar-refractivity contribution >= 4 is 16.7 Å². The van der Waals surface area contributed by atoms with E-state index in [2.05, 4.69) is 48.1 Å². The Morgan fingerprint density at radius 2 is 1.87 bits per heavy atom. The summed E-state index contributed by atoms with van der Waals surface area (Å²) in [5.41, 5.74) is 10.7. The Labute approximate surface area is 266 Å². The molecule has 0 spiro atoms. The highest BCUT2D eigenvalue weighted by Gasteiger charge is 2.54. The highest BCUT2D eigenvalue weighted by molar-refractivity contribution is 5.94. The minimum atomic E-state index is -4.50. The molecule has 1 unspecified atom stereocenters. The van der Waals surface area contributed by atoms with Crippen molar-refractivity contribution in [2.75, 3.05) is 0 Å². The minimum absolute atomic E-state index is 0.0764. The smallest absolute Gasteiger partial charge is 0.329 e. The van der Waals surface area contributed by atoms with Crippen LogP contribution in [-0.2, 0) is 29.5 Å². The lowest BCUT2D eigenvalue weighted by Crippen LogP contribution is -2.47. The highest BCUT2D eigenvalue weighted by atomic mass is 19.4. The summed E-state index contributed by atoms with van der Waals surface area (Å²) in [4.78, 5) is 33.4. The van der Waals surface area contributed by atoms with Crippen molar-refractivity contribution in [3.05, 3.63) is 104 Å². The SMILES string of the molecule is CC(C)=C/C=C(\C1=C(C)C(N(Cc2ccc(C(F)(F)F)cn2)C(=O)C2(c3ccc4c(=O)[nH]nc(CN)c4c3)CC2)CCC1)C1CC1. The van der Waals surface area contributed by atoms with Gasteiger partial charge in [0.1, 0.15) is 0 Å². The molecule has 3 aliphatic rings. The van der Waals surface area contributed by atoms with Gasteiger partial charge in [0.15, 0.2) is 0 Å². The molecule has 2 fully saturated rings. The first-order valence-corrected chi connectivity index (χ1v) is 16.0. The summed E-state index contributed by atoms with van der Waals surface area (Å²) in [6.07, 6.45) is 6.87. The number of hydrogen-bond acceptors (Lipinski definition) is 5. The molecule has 0 bridgehead atoms. The number of halogens is 3. The Morgan fingerprint density at radius 1 is 1.11 bits per heavy atom. The summed E-state index contributed by atoms with van der Waals surface area (Å²) >= 11 is 0. The van der Waals surface area contributed by atoms with Gasteiger partial charge < -0.3 is 10.6 Å². The van der Waals surface area contributed by atoms with E-state index in [1.165, 1.54) is 22.8 Å².